The number of ether oxygens (including phenoxy) is 1. The van der Waals surface area contributed by atoms with E-state index in [1.54, 1.807) is 41.3 Å². The fourth-order valence-corrected chi connectivity index (χ4v) is 5.06. The van der Waals surface area contributed by atoms with Crippen LogP contribution in [0.25, 0.3) is 0 Å². The minimum Gasteiger partial charge on any atom is -0.467 e. The van der Waals surface area contributed by atoms with Crippen LogP contribution in [0.5, 0.6) is 0 Å². The fourth-order valence-electron chi connectivity index (χ4n) is 4.87. The summed E-state index contributed by atoms with van der Waals surface area (Å²) in [4.78, 5) is 43.1. The van der Waals surface area contributed by atoms with Crippen molar-refractivity contribution in [2.75, 3.05) is 19.7 Å². The highest BCUT2D eigenvalue weighted by Gasteiger charge is 2.54. The summed E-state index contributed by atoms with van der Waals surface area (Å²) >= 11 is 6.05. The maximum atomic E-state index is 13.7. The molecule has 192 valence electrons. The van der Waals surface area contributed by atoms with Crippen LogP contribution < -0.4 is 5.32 Å². The van der Waals surface area contributed by atoms with Crippen molar-refractivity contribution in [2.24, 2.45) is 0 Å². The summed E-state index contributed by atoms with van der Waals surface area (Å²) in [5.41, 5.74) is -0.360. The molecule has 37 heavy (non-hydrogen) atoms. The van der Waals surface area contributed by atoms with Crippen molar-refractivity contribution in [2.45, 2.75) is 31.2 Å². The van der Waals surface area contributed by atoms with Crippen molar-refractivity contribution in [3.8, 4) is 0 Å². The molecule has 1 atom stereocenters. The first-order valence-electron chi connectivity index (χ1n) is 11.9. The van der Waals surface area contributed by atoms with Crippen molar-refractivity contribution >= 4 is 29.3 Å². The van der Waals surface area contributed by atoms with Gasteiger partial charge in [-0.1, -0.05) is 17.7 Å². The fraction of sp³-hybridized carbons (Fsp3) is 0.296. The van der Waals surface area contributed by atoms with E-state index in [-0.39, 0.29) is 30.5 Å². The molecule has 2 aromatic carbocycles. The molecule has 1 spiro atoms. The lowest BCUT2D eigenvalue weighted by molar-refractivity contribution is -0.128. The first-order chi connectivity index (χ1) is 17.9. The number of halogens is 2. The molecule has 0 radical (unpaired) electrons. The van der Waals surface area contributed by atoms with Crippen LogP contribution in [-0.4, -0.2) is 59.0 Å². The Kier molecular flexibility index (Phi) is 6.99. The number of benzene rings is 2. The van der Waals surface area contributed by atoms with Gasteiger partial charge in [0, 0.05) is 42.1 Å². The van der Waals surface area contributed by atoms with Gasteiger partial charge in [-0.3, -0.25) is 19.3 Å². The third-order valence-corrected chi connectivity index (χ3v) is 7.03. The number of carbonyl (C=O) groups is 3. The summed E-state index contributed by atoms with van der Waals surface area (Å²) in [7, 11) is 0. The Hall–Kier alpha value is -3.69. The van der Waals surface area contributed by atoms with E-state index in [2.05, 4.69) is 5.32 Å². The Bertz CT molecular complexity index is 1290. The van der Waals surface area contributed by atoms with Crippen LogP contribution in [0, 0.1) is 5.82 Å². The molecule has 3 heterocycles. The number of furan rings is 1. The van der Waals surface area contributed by atoms with E-state index in [4.69, 9.17) is 20.8 Å². The molecule has 2 fully saturated rings. The molecule has 1 N–H and O–H groups in total. The Morgan fingerprint density at radius 2 is 1.76 bits per heavy atom. The molecule has 0 bridgehead atoms. The number of rotatable bonds is 5. The van der Waals surface area contributed by atoms with Gasteiger partial charge in [0.05, 0.1) is 19.4 Å². The molecule has 0 aliphatic carbocycles. The zero-order chi connectivity index (χ0) is 26.0. The second kappa shape index (κ2) is 10.4. The summed E-state index contributed by atoms with van der Waals surface area (Å²) in [5, 5.41) is 3.27. The Morgan fingerprint density at radius 1 is 1.00 bits per heavy atom. The van der Waals surface area contributed by atoms with Gasteiger partial charge >= 0.3 is 0 Å². The molecule has 2 saturated heterocycles. The normalized spacial score (nSPS) is 18.7. The average Bonchev–Trinajstić information content (AvgIpc) is 3.56. The van der Waals surface area contributed by atoms with E-state index in [0.29, 0.717) is 42.3 Å². The maximum Gasteiger partial charge on any atom is 0.256 e. The molecule has 5 rings (SSSR count). The van der Waals surface area contributed by atoms with Crippen LogP contribution >= 0.6 is 11.6 Å². The highest BCUT2D eigenvalue weighted by Crippen LogP contribution is 2.39. The SMILES string of the molecule is O=C(NCc1ccco1)[C@H]1COC2(CCN(C(=O)c3cccc(Cl)c3)CC2)N1C(=O)c1ccc(F)cc1. The lowest BCUT2D eigenvalue weighted by atomic mass is 9.96. The monoisotopic (exact) mass is 525 g/mol. The van der Waals surface area contributed by atoms with Crippen LogP contribution in [0.3, 0.4) is 0 Å². The average molecular weight is 526 g/mol. The summed E-state index contributed by atoms with van der Waals surface area (Å²) in [6.45, 7) is 0.799. The lowest BCUT2D eigenvalue weighted by Crippen LogP contribution is -2.59. The van der Waals surface area contributed by atoms with Gasteiger partial charge in [0.15, 0.2) is 0 Å². The van der Waals surface area contributed by atoms with E-state index in [9.17, 15) is 18.8 Å². The molecule has 1 aromatic heterocycles. The number of hydrogen-bond acceptors (Lipinski definition) is 5. The zero-order valence-corrected chi connectivity index (χ0v) is 20.6. The molecule has 10 heteroatoms. The van der Waals surface area contributed by atoms with Crippen LogP contribution in [0.2, 0.25) is 5.02 Å². The topological polar surface area (TPSA) is 92.1 Å². The van der Waals surface area contributed by atoms with E-state index >= 15 is 0 Å². The van der Waals surface area contributed by atoms with Gasteiger partial charge in [0.2, 0.25) is 5.91 Å². The third-order valence-electron chi connectivity index (χ3n) is 6.79. The van der Waals surface area contributed by atoms with Gasteiger partial charge in [0.1, 0.15) is 23.3 Å². The summed E-state index contributed by atoms with van der Waals surface area (Å²) in [6.07, 6.45) is 2.14. The van der Waals surface area contributed by atoms with Crippen LogP contribution in [-0.2, 0) is 16.1 Å². The minimum atomic E-state index is -1.08. The molecule has 3 aromatic rings. The molecule has 3 amide bonds. The summed E-state index contributed by atoms with van der Waals surface area (Å²) in [6, 6.07) is 14.5. The third kappa shape index (κ3) is 5.10. The molecule has 2 aliphatic heterocycles. The minimum absolute atomic E-state index is 0.000831. The molecule has 0 unspecified atom stereocenters. The van der Waals surface area contributed by atoms with Gasteiger partial charge in [-0.15, -0.1) is 0 Å². The van der Waals surface area contributed by atoms with Crippen molar-refractivity contribution in [1.82, 2.24) is 15.1 Å². The maximum absolute atomic E-state index is 13.7. The Morgan fingerprint density at radius 3 is 2.43 bits per heavy atom. The number of hydrogen-bond donors (Lipinski definition) is 1. The van der Waals surface area contributed by atoms with Crippen molar-refractivity contribution in [3.05, 3.63) is 94.7 Å². The van der Waals surface area contributed by atoms with Gasteiger partial charge < -0.3 is 19.4 Å². The number of likely N-dealkylation sites (tertiary alicyclic amines) is 1. The van der Waals surface area contributed by atoms with E-state index < -0.39 is 23.5 Å². The van der Waals surface area contributed by atoms with Gasteiger partial charge in [-0.25, -0.2) is 4.39 Å². The smallest absolute Gasteiger partial charge is 0.256 e. The Balaban J connectivity index is 1.36. The summed E-state index contributed by atoms with van der Waals surface area (Å²) in [5.74, 6) is -0.887. The van der Waals surface area contributed by atoms with Crippen molar-refractivity contribution < 1.29 is 27.9 Å². The number of carbonyl (C=O) groups excluding carboxylic acids is 3. The highest BCUT2D eigenvalue weighted by atomic mass is 35.5. The molecule has 8 nitrogen and oxygen atoms in total. The predicted octanol–water partition coefficient (Wildman–Crippen LogP) is 3.86. The number of nitrogens with zero attached hydrogens (tertiary/aromatic N) is 2. The van der Waals surface area contributed by atoms with E-state index in [1.165, 1.54) is 35.4 Å². The standard InChI is InChI=1S/C27H25ClFN3O5/c28-20-4-1-3-19(15-20)25(34)31-12-10-27(11-13-31)32(26(35)18-6-8-21(29)9-7-18)23(17-37-27)24(33)30-16-22-5-2-14-36-22/h1-9,14-15,23H,10-13,16-17H2,(H,30,33)/t23-/m1/s1. The molecular weight excluding hydrogens is 501 g/mol. The number of piperidine rings is 1. The van der Waals surface area contributed by atoms with Crippen LogP contribution in [0.4, 0.5) is 4.39 Å². The lowest BCUT2D eigenvalue weighted by Gasteiger charge is -2.44. The predicted molar refractivity (Wildman–Crippen MR) is 132 cm³/mol. The van der Waals surface area contributed by atoms with Crippen molar-refractivity contribution in [1.29, 1.82) is 0 Å². The molecule has 0 saturated carbocycles. The molecular formula is C27H25ClFN3O5. The number of nitrogens with one attached hydrogen (secondary N) is 1. The second-order valence-corrected chi connectivity index (χ2v) is 9.49. The van der Waals surface area contributed by atoms with Gasteiger partial charge in [0.25, 0.3) is 11.8 Å². The second-order valence-electron chi connectivity index (χ2n) is 9.05. The van der Waals surface area contributed by atoms with Crippen molar-refractivity contribution in [3.63, 3.8) is 0 Å². The van der Waals surface area contributed by atoms with Crippen LogP contribution in [0.15, 0.2) is 71.3 Å². The van der Waals surface area contributed by atoms with Gasteiger partial charge in [-0.05, 0) is 54.6 Å². The molecule has 2 aliphatic rings. The quantitative estimate of drug-likeness (QED) is 0.546. The van der Waals surface area contributed by atoms with E-state index in [0.717, 1.165) is 0 Å². The first-order valence-corrected chi connectivity index (χ1v) is 12.3. The van der Waals surface area contributed by atoms with Gasteiger partial charge in [-0.2, -0.15) is 0 Å². The Labute approximate surface area is 217 Å². The number of amides is 3. The first kappa shape index (κ1) is 25.0. The van der Waals surface area contributed by atoms with Crippen LogP contribution in [0.1, 0.15) is 39.3 Å². The largest absolute Gasteiger partial charge is 0.467 e. The summed E-state index contributed by atoms with van der Waals surface area (Å²) < 4.78 is 25.0. The zero-order valence-electron chi connectivity index (χ0n) is 19.9. The van der Waals surface area contributed by atoms with E-state index in [1.807, 2.05) is 0 Å². The highest BCUT2D eigenvalue weighted by molar-refractivity contribution is 6.30.